The number of carbonyl (C=O) groups excluding carboxylic acids is 1. The fourth-order valence-corrected chi connectivity index (χ4v) is 1.09. The highest BCUT2D eigenvalue weighted by molar-refractivity contribution is 7.84. The van der Waals surface area contributed by atoms with E-state index in [1.165, 1.54) is 7.11 Å². The fraction of sp³-hybridized carbons (Fsp3) is 0.857. The first-order chi connectivity index (χ1) is 6.07. The molecule has 1 amide bonds. The van der Waals surface area contributed by atoms with Gasteiger partial charge in [-0.3, -0.25) is 9.00 Å². The second-order valence-corrected chi connectivity index (χ2v) is 4.18. The Balaban J connectivity index is 3.55. The third-order valence-electron chi connectivity index (χ3n) is 1.37. The molecule has 0 heterocycles. The van der Waals surface area contributed by atoms with Crippen LogP contribution in [0.4, 0.5) is 0 Å². The summed E-state index contributed by atoms with van der Waals surface area (Å²) in [7, 11) is 0.595. The molecule has 13 heavy (non-hydrogen) atoms. The summed E-state index contributed by atoms with van der Waals surface area (Å²) in [5.41, 5.74) is 5.43. The van der Waals surface area contributed by atoms with Gasteiger partial charge in [0.25, 0.3) is 0 Å². The Labute approximate surface area is 80.5 Å². The van der Waals surface area contributed by atoms with Crippen LogP contribution >= 0.6 is 0 Å². The van der Waals surface area contributed by atoms with Crippen molar-refractivity contribution in [3.63, 3.8) is 0 Å². The van der Waals surface area contributed by atoms with Gasteiger partial charge in [-0.1, -0.05) is 0 Å². The van der Waals surface area contributed by atoms with Gasteiger partial charge in [0.1, 0.15) is 6.04 Å². The smallest absolute Gasteiger partial charge is 0.239 e. The van der Waals surface area contributed by atoms with Gasteiger partial charge in [-0.05, 0) is 0 Å². The van der Waals surface area contributed by atoms with Gasteiger partial charge in [-0.2, -0.15) is 0 Å². The van der Waals surface area contributed by atoms with Crippen molar-refractivity contribution in [2.45, 2.75) is 6.04 Å². The molecule has 0 saturated heterocycles. The van der Waals surface area contributed by atoms with Crippen LogP contribution in [0.15, 0.2) is 0 Å². The summed E-state index contributed by atoms with van der Waals surface area (Å²) in [6.07, 6.45) is 1.58. The molecule has 0 bridgehead atoms. The molecular weight excluding hydrogens is 192 g/mol. The van der Waals surface area contributed by atoms with E-state index in [0.29, 0.717) is 12.3 Å². The van der Waals surface area contributed by atoms with Crippen molar-refractivity contribution >= 4 is 16.7 Å². The monoisotopic (exact) mass is 208 g/mol. The van der Waals surface area contributed by atoms with E-state index >= 15 is 0 Å². The Morgan fingerprint density at radius 2 is 2.31 bits per heavy atom. The number of ether oxygens (including phenoxy) is 1. The Bertz CT molecular complexity index is 187. The quantitative estimate of drug-likeness (QED) is 0.554. The van der Waals surface area contributed by atoms with Crippen LogP contribution in [0.1, 0.15) is 0 Å². The molecule has 0 aromatic heterocycles. The van der Waals surface area contributed by atoms with E-state index in [4.69, 9.17) is 10.5 Å². The summed E-state index contributed by atoms with van der Waals surface area (Å²) in [4.78, 5) is 11.1. The largest absolute Gasteiger partial charge is 0.383 e. The fourth-order valence-electron chi connectivity index (χ4n) is 0.704. The molecule has 0 spiro atoms. The van der Waals surface area contributed by atoms with Gasteiger partial charge in [0.05, 0.1) is 6.61 Å². The number of methoxy groups -OCH3 is 1. The maximum absolute atomic E-state index is 11.1. The van der Waals surface area contributed by atoms with E-state index in [1.807, 2.05) is 0 Å². The summed E-state index contributed by atoms with van der Waals surface area (Å²) in [5, 5.41) is 2.56. The minimum absolute atomic E-state index is 0.195. The summed E-state index contributed by atoms with van der Waals surface area (Å²) in [6.45, 7) is 0.584. The zero-order chi connectivity index (χ0) is 10.3. The average molecular weight is 208 g/mol. The topological polar surface area (TPSA) is 81.4 Å². The van der Waals surface area contributed by atoms with Gasteiger partial charge in [-0.25, -0.2) is 0 Å². The zero-order valence-corrected chi connectivity index (χ0v) is 8.73. The van der Waals surface area contributed by atoms with Gasteiger partial charge in [0.2, 0.25) is 5.91 Å². The van der Waals surface area contributed by atoms with Crippen LogP contribution in [0.5, 0.6) is 0 Å². The molecule has 2 unspecified atom stereocenters. The molecule has 0 aliphatic rings. The molecule has 0 fully saturated rings. The highest BCUT2D eigenvalue weighted by Crippen LogP contribution is 1.80. The molecule has 0 rings (SSSR count). The first-order valence-electron chi connectivity index (χ1n) is 3.90. The Morgan fingerprint density at radius 1 is 1.69 bits per heavy atom. The van der Waals surface area contributed by atoms with Crippen LogP contribution in [0.25, 0.3) is 0 Å². The van der Waals surface area contributed by atoms with E-state index in [2.05, 4.69) is 5.32 Å². The minimum atomic E-state index is -0.886. The normalized spacial score (nSPS) is 15.0. The Morgan fingerprint density at radius 3 is 2.77 bits per heavy atom. The van der Waals surface area contributed by atoms with E-state index in [1.54, 1.807) is 6.26 Å². The lowest BCUT2D eigenvalue weighted by molar-refractivity contribution is -0.123. The maximum Gasteiger partial charge on any atom is 0.239 e. The SMILES string of the molecule is COCC(N)C(=O)NCCS(C)=O. The van der Waals surface area contributed by atoms with Crippen molar-refractivity contribution in [2.24, 2.45) is 5.73 Å². The van der Waals surface area contributed by atoms with Crippen molar-refractivity contribution in [3.8, 4) is 0 Å². The first kappa shape index (κ1) is 12.5. The second kappa shape index (κ2) is 6.99. The molecule has 6 heteroatoms. The molecule has 2 atom stereocenters. The van der Waals surface area contributed by atoms with Gasteiger partial charge < -0.3 is 15.8 Å². The van der Waals surface area contributed by atoms with E-state index in [9.17, 15) is 9.00 Å². The third-order valence-corrected chi connectivity index (χ3v) is 2.15. The maximum atomic E-state index is 11.1. The van der Waals surface area contributed by atoms with Gasteiger partial charge in [-0.15, -0.1) is 0 Å². The van der Waals surface area contributed by atoms with Crippen LogP contribution in [0.3, 0.4) is 0 Å². The van der Waals surface area contributed by atoms with E-state index in [-0.39, 0.29) is 12.5 Å². The summed E-state index contributed by atoms with van der Waals surface area (Å²) < 4.78 is 15.3. The minimum Gasteiger partial charge on any atom is -0.383 e. The molecule has 0 aromatic rings. The van der Waals surface area contributed by atoms with Gasteiger partial charge >= 0.3 is 0 Å². The first-order valence-corrected chi connectivity index (χ1v) is 5.63. The molecular formula is C7H16N2O3S. The van der Waals surface area contributed by atoms with Crippen molar-refractivity contribution in [1.29, 1.82) is 0 Å². The lowest BCUT2D eigenvalue weighted by atomic mass is 10.3. The predicted octanol–water partition coefficient (Wildman–Crippen LogP) is -1.55. The van der Waals surface area contributed by atoms with Crippen LogP contribution in [0, 0.1) is 0 Å². The van der Waals surface area contributed by atoms with Crippen molar-refractivity contribution in [3.05, 3.63) is 0 Å². The highest BCUT2D eigenvalue weighted by Gasteiger charge is 2.11. The summed E-state index contributed by atoms with van der Waals surface area (Å²) in [5.74, 6) is 0.179. The number of rotatable bonds is 6. The lowest BCUT2D eigenvalue weighted by Gasteiger charge is -2.10. The predicted molar refractivity (Wildman–Crippen MR) is 51.8 cm³/mol. The molecule has 5 nitrogen and oxygen atoms in total. The van der Waals surface area contributed by atoms with Crippen LogP contribution in [-0.2, 0) is 20.3 Å². The highest BCUT2D eigenvalue weighted by atomic mass is 32.2. The number of nitrogens with one attached hydrogen (secondary N) is 1. The third kappa shape index (κ3) is 6.68. The number of amides is 1. The Kier molecular flexibility index (Phi) is 6.75. The molecule has 0 radical (unpaired) electrons. The van der Waals surface area contributed by atoms with Crippen LogP contribution < -0.4 is 11.1 Å². The van der Waals surface area contributed by atoms with Crippen molar-refractivity contribution < 1.29 is 13.7 Å². The average Bonchev–Trinajstić information content (AvgIpc) is 2.04. The number of carbonyl (C=O) groups is 1. The number of hydrogen-bond acceptors (Lipinski definition) is 4. The molecule has 0 aliphatic heterocycles. The summed E-state index contributed by atoms with van der Waals surface area (Å²) in [6, 6.07) is -0.643. The van der Waals surface area contributed by atoms with Crippen LogP contribution in [0.2, 0.25) is 0 Å². The molecule has 3 N–H and O–H groups in total. The molecule has 78 valence electrons. The second-order valence-electron chi connectivity index (χ2n) is 2.63. The standard InChI is InChI=1S/C7H16N2O3S/c1-12-5-6(8)7(10)9-3-4-13(2)11/h6H,3-5,8H2,1-2H3,(H,9,10). The zero-order valence-electron chi connectivity index (χ0n) is 7.91. The van der Waals surface area contributed by atoms with E-state index in [0.717, 1.165) is 0 Å². The van der Waals surface area contributed by atoms with Crippen molar-refractivity contribution in [2.75, 3.05) is 32.3 Å². The molecule has 0 aromatic carbocycles. The molecule has 0 saturated carbocycles. The Hall–Kier alpha value is -0.460. The summed E-state index contributed by atoms with van der Waals surface area (Å²) >= 11 is 0. The molecule has 0 aliphatic carbocycles. The van der Waals surface area contributed by atoms with Crippen molar-refractivity contribution in [1.82, 2.24) is 5.32 Å². The van der Waals surface area contributed by atoms with Gasteiger partial charge in [0, 0.05) is 36.5 Å². The lowest BCUT2D eigenvalue weighted by Crippen LogP contribution is -2.44. The van der Waals surface area contributed by atoms with Gasteiger partial charge in [0.15, 0.2) is 0 Å². The van der Waals surface area contributed by atoms with Crippen LogP contribution in [-0.4, -0.2) is 48.4 Å². The number of nitrogens with two attached hydrogens (primary N) is 1. The number of hydrogen-bond donors (Lipinski definition) is 2. The van der Waals surface area contributed by atoms with E-state index < -0.39 is 16.8 Å².